The van der Waals surface area contributed by atoms with E-state index in [1.807, 2.05) is 4.90 Å². The van der Waals surface area contributed by atoms with Crippen molar-refractivity contribution in [3.8, 4) is 0 Å². The lowest BCUT2D eigenvalue weighted by molar-refractivity contribution is -0.137. The van der Waals surface area contributed by atoms with Crippen LogP contribution in [0.15, 0.2) is 18.3 Å². The second-order valence-electron chi connectivity index (χ2n) is 5.35. The number of carbonyl (C=O) groups is 2. The second-order valence-corrected chi connectivity index (χ2v) is 5.35. The highest BCUT2D eigenvalue weighted by Crippen LogP contribution is 2.30. The molecule has 0 bridgehead atoms. The first kappa shape index (κ1) is 17.0. The Balaban J connectivity index is 1.89. The molecule has 0 unspecified atom stereocenters. The zero-order chi connectivity index (χ0) is 17.0. The van der Waals surface area contributed by atoms with Crippen LogP contribution in [0.5, 0.6) is 0 Å². The monoisotopic (exact) mass is 330 g/mol. The maximum atomic E-state index is 12.5. The first-order chi connectivity index (χ1) is 10.8. The quantitative estimate of drug-likeness (QED) is 0.859. The lowest BCUT2D eigenvalue weighted by Gasteiger charge is -2.32. The van der Waals surface area contributed by atoms with Crippen LogP contribution >= 0.6 is 0 Å². The highest BCUT2D eigenvalue weighted by atomic mass is 19.4. The van der Waals surface area contributed by atoms with Crippen LogP contribution in [-0.2, 0) is 15.8 Å². The molecule has 126 valence electrons. The number of halogens is 3. The minimum absolute atomic E-state index is 0.195. The van der Waals surface area contributed by atoms with Gasteiger partial charge in [-0.25, -0.2) is 4.98 Å². The minimum atomic E-state index is -4.41. The summed E-state index contributed by atoms with van der Waals surface area (Å²) in [4.78, 5) is 28.1. The van der Waals surface area contributed by atoms with E-state index in [4.69, 9.17) is 5.73 Å². The number of anilines is 1. The summed E-state index contributed by atoms with van der Waals surface area (Å²) >= 11 is 0. The van der Waals surface area contributed by atoms with E-state index in [0.717, 1.165) is 12.3 Å². The maximum Gasteiger partial charge on any atom is 0.417 e. The Hall–Kier alpha value is -2.32. The van der Waals surface area contributed by atoms with Crippen LogP contribution in [0.25, 0.3) is 0 Å². The van der Waals surface area contributed by atoms with E-state index in [-0.39, 0.29) is 18.4 Å². The smallest absolute Gasteiger partial charge is 0.368 e. The van der Waals surface area contributed by atoms with Crippen molar-refractivity contribution in [1.29, 1.82) is 0 Å². The van der Waals surface area contributed by atoms with Crippen molar-refractivity contribution in [2.75, 3.05) is 24.5 Å². The molecule has 1 aliphatic rings. The normalized spacial score (nSPS) is 16.2. The first-order valence-electron chi connectivity index (χ1n) is 7.11. The van der Waals surface area contributed by atoms with Gasteiger partial charge in [0.2, 0.25) is 11.8 Å². The third-order valence-electron chi connectivity index (χ3n) is 3.70. The molecule has 9 heteroatoms. The lowest BCUT2D eigenvalue weighted by Crippen LogP contribution is -2.43. The van der Waals surface area contributed by atoms with Gasteiger partial charge in [-0.1, -0.05) is 0 Å². The molecule has 1 aromatic rings. The summed E-state index contributed by atoms with van der Waals surface area (Å²) in [7, 11) is 0. The average molecular weight is 330 g/mol. The molecule has 0 aromatic carbocycles. The fourth-order valence-corrected chi connectivity index (χ4v) is 2.43. The zero-order valence-electron chi connectivity index (χ0n) is 12.3. The summed E-state index contributed by atoms with van der Waals surface area (Å²) in [6.07, 6.45) is -2.53. The number of nitrogens with one attached hydrogen (secondary N) is 1. The highest BCUT2D eigenvalue weighted by molar-refractivity contribution is 5.85. The summed E-state index contributed by atoms with van der Waals surface area (Å²) in [6.45, 7) is 0.819. The molecule has 1 fully saturated rings. The summed E-state index contributed by atoms with van der Waals surface area (Å²) in [5, 5.41) is 2.46. The number of nitrogens with two attached hydrogens (primary N) is 1. The summed E-state index contributed by atoms with van der Waals surface area (Å²) in [5.41, 5.74) is 4.17. The zero-order valence-corrected chi connectivity index (χ0v) is 12.3. The third-order valence-corrected chi connectivity index (χ3v) is 3.70. The highest BCUT2D eigenvalue weighted by Gasteiger charge is 2.31. The van der Waals surface area contributed by atoms with Crippen LogP contribution < -0.4 is 16.0 Å². The van der Waals surface area contributed by atoms with Crippen molar-refractivity contribution in [3.63, 3.8) is 0 Å². The van der Waals surface area contributed by atoms with Crippen LogP contribution in [0.2, 0.25) is 0 Å². The van der Waals surface area contributed by atoms with Gasteiger partial charge in [0.25, 0.3) is 0 Å². The largest absolute Gasteiger partial charge is 0.417 e. The molecule has 23 heavy (non-hydrogen) atoms. The van der Waals surface area contributed by atoms with Gasteiger partial charge in [0.15, 0.2) is 0 Å². The van der Waals surface area contributed by atoms with Crippen LogP contribution in [0.4, 0.5) is 19.0 Å². The van der Waals surface area contributed by atoms with Gasteiger partial charge in [0, 0.05) is 25.2 Å². The Labute approximate surface area is 130 Å². The number of piperidine rings is 1. The van der Waals surface area contributed by atoms with E-state index in [1.54, 1.807) is 0 Å². The average Bonchev–Trinajstić information content (AvgIpc) is 2.52. The lowest BCUT2D eigenvalue weighted by atomic mass is 9.96. The second kappa shape index (κ2) is 6.84. The van der Waals surface area contributed by atoms with E-state index in [1.165, 1.54) is 6.07 Å². The number of alkyl halides is 3. The number of nitrogens with zero attached hydrogens (tertiary/aromatic N) is 2. The van der Waals surface area contributed by atoms with Crippen molar-refractivity contribution in [1.82, 2.24) is 10.3 Å². The van der Waals surface area contributed by atoms with Gasteiger partial charge in [-0.2, -0.15) is 13.2 Å². The summed E-state index contributed by atoms with van der Waals surface area (Å²) < 4.78 is 37.5. The van der Waals surface area contributed by atoms with Crippen molar-refractivity contribution < 1.29 is 22.8 Å². The van der Waals surface area contributed by atoms with E-state index in [0.29, 0.717) is 31.7 Å². The molecule has 1 aromatic heterocycles. The topological polar surface area (TPSA) is 88.3 Å². The van der Waals surface area contributed by atoms with Gasteiger partial charge in [-0.3, -0.25) is 9.59 Å². The molecule has 0 atom stereocenters. The van der Waals surface area contributed by atoms with Gasteiger partial charge in [-0.05, 0) is 25.0 Å². The Kier molecular flexibility index (Phi) is 5.07. The minimum Gasteiger partial charge on any atom is -0.368 e. The predicted molar refractivity (Wildman–Crippen MR) is 76.4 cm³/mol. The van der Waals surface area contributed by atoms with Gasteiger partial charge in [0.05, 0.1) is 12.1 Å². The van der Waals surface area contributed by atoms with Gasteiger partial charge < -0.3 is 16.0 Å². The fraction of sp³-hybridized carbons (Fsp3) is 0.500. The molecule has 0 aliphatic carbocycles. The molecule has 2 heterocycles. The fourth-order valence-electron chi connectivity index (χ4n) is 2.43. The number of carbonyl (C=O) groups excluding carboxylic acids is 2. The number of hydrogen-bond donors (Lipinski definition) is 2. The molecule has 0 radical (unpaired) electrons. The van der Waals surface area contributed by atoms with Crippen molar-refractivity contribution in [3.05, 3.63) is 23.9 Å². The van der Waals surface area contributed by atoms with Crippen molar-refractivity contribution in [2.24, 2.45) is 11.7 Å². The molecular formula is C14H17F3N4O2. The number of hydrogen-bond acceptors (Lipinski definition) is 4. The summed E-state index contributed by atoms with van der Waals surface area (Å²) in [5.74, 6) is -0.623. The molecule has 6 nitrogen and oxygen atoms in total. The van der Waals surface area contributed by atoms with E-state index in [9.17, 15) is 22.8 Å². The van der Waals surface area contributed by atoms with Crippen LogP contribution in [0.3, 0.4) is 0 Å². The van der Waals surface area contributed by atoms with Crippen LogP contribution in [0, 0.1) is 5.92 Å². The molecular weight excluding hydrogens is 313 g/mol. The van der Waals surface area contributed by atoms with Gasteiger partial charge in [0.1, 0.15) is 5.82 Å². The molecule has 1 saturated heterocycles. The van der Waals surface area contributed by atoms with Crippen LogP contribution in [0.1, 0.15) is 18.4 Å². The Morgan fingerprint density at radius 3 is 2.43 bits per heavy atom. The van der Waals surface area contributed by atoms with Crippen LogP contribution in [-0.4, -0.2) is 36.4 Å². The number of rotatable bonds is 4. The van der Waals surface area contributed by atoms with Crippen molar-refractivity contribution in [2.45, 2.75) is 19.0 Å². The number of primary amides is 1. The molecule has 2 amide bonds. The number of pyridine rings is 1. The third kappa shape index (κ3) is 4.57. The van der Waals surface area contributed by atoms with E-state index in [2.05, 4.69) is 10.3 Å². The van der Waals surface area contributed by atoms with Crippen molar-refractivity contribution >= 4 is 17.6 Å². The molecule has 0 spiro atoms. The predicted octanol–water partition coefficient (Wildman–Crippen LogP) is 0.918. The Morgan fingerprint density at radius 2 is 1.96 bits per heavy atom. The van der Waals surface area contributed by atoms with E-state index < -0.39 is 17.6 Å². The standard InChI is InChI=1S/C14H17F3N4O2/c15-14(16,17)10-1-2-12(19-7-10)21-5-3-9(4-6-21)13(23)20-8-11(18)22/h1-2,7,9H,3-6,8H2,(H2,18,22)(H,20,23). The number of aromatic nitrogens is 1. The SMILES string of the molecule is NC(=O)CNC(=O)C1CCN(c2ccc(C(F)(F)F)cn2)CC1. The van der Waals surface area contributed by atoms with E-state index >= 15 is 0 Å². The van der Waals surface area contributed by atoms with Gasteiger partial charge >= 0.3 is 6.18 Å². The maximum absolute atomic E-state index is 12.5. The molecule has 1 aliphatic heterocycles. The molecule has 0 saturated carbocycles. The number of amides is 2. The molecule has 2 rings (SSSR count). The van der Waals surface area contributed by atoms with Gasteiger partial charge in [-0.15, -0.1) is 0 Å². The molecule has 3 N–H and O–H groups in total. The Morgan fingerprint density at radius 1 is 1.30 bits per heavy atom. The summed E-state index contributed by atoms with van der Waals surface area (Å²) in [6, 6.07) is 2.32. The Bertz CT molecular complexity index is 566. The first-order valence-corrected chi connectivity index (χ1v) is 7.11.